The Balaban J connectivity index is 1.74. The summed E-state index contributed by atoms with van der Waals surface area (Å²) in [7, 11) is 0. The molecule has 0 saturated heterocycles. The van der Waals surface area contributed by atoms with E-state index >= 15 is 0 Å². The van der Waals surface area contributed by atoms with Gasteiger partial charge in [-0.15, -0.1) is 0 Å². The summed E-state index contributed by atoms with van der Waals surface area (Å²) in [5.41, 5.74) is 3.74. The number of carbonyl (C=O) groups excluding carboxylic acids is 1. The second-order valence-corrected chi connectivity index (χ2v) is 6.78. The maximum Gasteiger partial charge on any atom is 0.194 e. The predicted octanol–water partition coefficient (Wildman–Crippen LogP) is 4.12. The zero-order valence-electron chi connectivity index (χ0n) is 14.6. The third-order valence-electron chi connectivity index (χ3n) is 5.14. The van der Waals surface area contributed by atoms with Crippen molar-refractivity contribution in [2.75, 3.05) is 0 Å². The van der Waals surface area contributed by atoms with Crippen LogP contribution in [0.15, 0.2) is 48.7 Å². The molecular weight excluding hydrogens is 362 g/mol. The number of carbonyl (C=O) groups is 1. The van der Waals surface area contributed by atoms with Crippen molar-refractivity contribution >= 4 is 17.3 Å². The summed E-state index contributed by atoms with van der Waals surface area (Å²) < 4.78 is 28.9. The molecule has 7 heteroatoms. The summed E-state index contributed by atoms with van der Waals surface area (Å²) in [5, 5.41) is 5.38. The van der Waals surface area contributed by atoms with Gasteiger partial charge in [0.1, 0.15) is 17.3 Å². The number of rotatable bonds is 3. The van der Waals surface area contributed by atoms with Crippen LogP contribution in [0.2, 0.25) is 0 Å². The van der Waals surface area contributed by atoms with Crippen molar-refractivity contribution < 1.29 is 13.6 Å². The summed E-state index contributed by atoms with van der Waals surface area (Å²) in [6.07, 6.45) is 3.68. The van der Waals surface area contributed by atoms with Gasteiger partial charge in [0.15, 0.2) is 17.8 Å². The van der Waals surface area contributed by atoms with E-state index < -0.39 is 0 Å². The van der Waals surface area contributed by atoms with Crippen molar-refractivity contribution in [2.45, 2.75) is 18.9 Å². The highest BCUT2D eigenvalue weighted by Crippen LogP contribution is 2.38. The lowest BCUT2D eigenvalue weighted by Gasteiger charge is -2.13. The van der Waals surface area contributed by atoms with E-state index in [9.17, 15) is 13.6 Å². The van der Waals surface area contributed by atoms with Gasteiger partial charge in [-0.05, 0) is 60.4 Å². The SMILES string of the molecule is O=Cc1ncc2c(-c3ccc(F)cc3)nn(C3CCc4ccc(F)cc43)c2n1. The van der Waals surface area contributed by atoms with Crippen LogP contribution in [0.3, 0.4) is 0 Å². The monoisotopic (exact) mass is 376 g/mol. The number of aryl methyl sites for hydroxylation is 1. The van der Waals surface area contributed by atoms with Gasteiger partial charge in [0.05, 0.1) is 11.4 Å². The first-order valence-electron chi connectivity index (χ1n) is 8.89. The van der Waals surface area contributed by atoms with Crippen molar-refractivity contribution in [1.29, 1.82) is 0 Å². The molecule has 1 atom stereocenters. The zero-order valence-corrected chi connectivity index (χ0v) is 14.6. The average molecular weight is 376 g/mol. The van der Waals surface area contributed by atoms with E-state index in [0.29, 0.717) is 28.6 Å². The first-order chi connectivity index (χ1) is 13.6. The highest BCUT2D eigenvalue weighted by molar-refractivity contribution is 5.91. The van der Waals surface area contributed by atoms with Crippen LogP contribution in [-0.2, 0) is 6.42 Å². The minimum atomic E-state index is -0.341. The third-order valence-corrected chi connectivity index (χ3v) is 5.14. The minimum absolute atomic E-state index is 0.0526. The molecule has 0 N–H and O–H groups in total. The second-order valence-electron chi connectivity index (χ2n) is 6.78. The number of hydrogen-bond acceptors (Lipinski definition) is 4. The summed E-state index contributed by atoms with van der Waals surface area (Å²) >= 11 is 0. The molecule has 138 valence electrons. The molecule has 5 rings (SSSR count). The average Bonchev–Trinajstić information content (AvgIpc) is 3.29. The molecule has 1 aliphatic carbocycles. The molecule has 28 heavy (non-hydrogen) atoms. The van der Waals surface area contributed by atoms with E-state index in [4.69, 9.17) is 5.10 Å². The lowest BCUT2D eigenvalue weighted by atomic mass is 10.1. The van der Waals surface area contributed by atoms with Crippen LogP contribution in [-0.4, -0.2) is 26.0 Å². The van der Waals surface area contributed by atoms with Crippen LogP contribution >= 0.6 is 0 Å². The van der Waals surface area contributed by atoms with Crippen molar-refractivity contribution in [3.8, 4) is 11.3 Å². The summed E-state index contributed by atoms with van der Waals surface area (Å²) in [6.45, 7) is 0. The molecule has 5 nitrogen and oxygen atoms in total. The quantitative estimate of drug-likeness (QED) is 0.505. The maximum atomic E-state index is 13.9. The number of nitrogens with zero attached hydrogens (tertiary/aromatic N) is 4. The Hall–Kier alpha value is -3.48. The van der Waals surface area contributed by atoms with E-state index in [0.717, 1.165) is 24.0 Å². The molecule has 2 aromatic carbocycles. The van der Waals surface area contributed by atoms with Crippen molar-refractivity contribution in [2.24, 2.45) is 0 Å². The van der Waals surface area contributed by atoms with Crippen LogP contribution in [0.5, 0.6) is 0 Å². The molecular formula is C21H14F2N4O. The van der Waals surface area contributed by atoms with Gasteiger partial charge in [0.2, 0.25) is 0 Å². The minimum Gasteiger partial charge on any atom is -0.294 e. The van der Waals surface area contributed by atoms with Crippen LogP contribution < -0.4 is 0 Å². The van der Waals surface area contributed by atoms with E-state index in [1.165, 1.54) is 24.3 Å². The summed E-state index contributed by atoms with van der Waals surface area (Å²) in [4.78, 5) is 19.6. The molecule has 0 fully saturated rings. The molecule has 0 aliphatic heterocycles. The number of benzene rings is 2. The molecule has 0 amide bonds. The highest BCUT2D eigenvalue weighted by Gasteiger charge is 2.28. The first kappa shape index (κ1) is 16.7. The number of aldehydes is 1. The number of hydrogen-bond donors (Lipinski definition) is 0. The Labute approximate surface area is 158 Å². The van der Waals surface area contributed by atoms with Gasteiger partial charge in [-0.25, -0.2) is 23.4 Å². The Morgan fingerprint density at radius 1 is 1.07 bits per heavy atom. The zero-order chi connectivity index (χ0) is 19.3. The van der Waals surface area contributed by atoms with Gasteiger partial charge >= 0.3 is 0 Å². The Morgan fingerprint density at radius 2 is 1.86 bits per heavy atom. The largest absolute Gasteiger partial charge is 0.294 e. The Kier molecular flexibility index (Phi) is 3.75. The highest BCUT2D eigenvalue weighted by atomic mass is 19.1. The van der Waals surface area contributed by atoms with Gasteiger partial charge < -0.3 is 0 Å². The normalized spacial score (nSPS) is 15.7. The second kappa shape index (κ2) is 6.30. The topological polar surface area (TPSA) is 60.7 Å². The Morgan fingerprint density at radius 3 is 2.64 bits per heavy atom. The molecule has 0 spiro atoms. The van der Waals surface area contributed by atoms with E-state index in [1.807, 2.05) is 0 Å². The molecule has 2 aromatic heterocycles. The van der Waals surface area contributed by atoms with Crippen LogP contribution in [0, 0.1) is 11.6 Å². The number of halogens is 2. The van der Waals surface area contributed by atoms with Gasteiger partial charge in [0.25, 0.3) is 0 Å². The molecule has 0 radical (unpaired) electrons. The molecule has 2 heterocycles. The summed E-state index contributed by atoms with van der Waals surface area (Å²) in [6, 6.07) is 10.6. The van der Waals surface area contributed by atoms with Crippen molar-refractivity contribution in [1.82, 2.24) is 19.7 Å². The molecule has 0 bridgehead atoms. The molecule has 1 aliphatic rings. The molecule has 1 unspecified atom stereocenters. The molecule has 4 aromatic rings. The Bertz CT molecular complexity index is 1220. The lowest BCUT2D eigenvalue weighted by Crippen LogP contribution is -2.10. The fourth-order valence-electron chi connectivity index (χ4n) is 3.84. The van der Waals surface area contributed by atoms with E-state index in [-0.39, 0.29) is 23.5 Å². The van der Waals surface area contributed by atoms with Crippen LogP contribution in [0.1, 0.15) is 34.2 Å². The molecule has 0 saturated carbocycles. The van der Waals surface area contributed by atoms with Gasteiger partial charge in [-0.1, -0.05) is 6.07 Å². The van der Waals surface area contributed by atoms with Crippen LogP contribution in [0.4, 0.5) is 8.78 Å². The number of fused-ring (bicyclic) bond motifs is 2. The van der Waals surface area contributed by atoms with Crippen molar-refractivity contribution in [3.05, 3.63) is 77.2 Å². The first-order valence-corrected chi connectivity index (χ1v) is 8.89. The summed E-state index contributed by atoms with van der Waals surface area (Å²) in [5.74, 6) is -0.590. The maximum absolute atomic E-state index is 13.9. The van der Waals surface area contributed by atoms with Gasteiger partial charge in [0, 0.05) is 11.8 Å². The van der Waals surface area contributed by atoms with Crippen LogP contribution in [0.25, 0.3) is 22.3 Å². The fraction of sp³-hybridized carbons (Fsp3) is 0.143. The van der Waals surface area contributed by atoms with Gasteiger partial charge in [-0.2, -0.15) is 5.10 Å². The van der Waals surface area contributed by atoms with E-state index in [2.05, 4.69) is 9.97 Å². The predicted molar refractivity (Wildman–Crippen MR) is 99.0 cm³/mol. The standard InChI is InChI=1S/C21H14F2N4O/c22-14-5-2-13(3-6-14)20-17-10-24-19(11-28)25-21(17)27(26-20)18-8-4-12-1-7-15(23)9-16(12)18/h1-3,5-7,9-11,18H,4,8H2. The third kappa shape index (κ3) is 2.58. The van der Waals surface area contributed by atoms with E-state index in [1.54, 1.807) is 29.1 Å². The number of aromatic nitrogens is 4. The lowest BCUT2D eigenvalue weighted by molar-refractivity contribution is 0.111. The van der Waals surface area contributed by atoms with Gasteiger partial charge in [-0.3, -0.25) is 4.79 Å². The smallest absolute Gasteiger partial charge is 0.194 e. The van der Waals surface area contributed by atoms with Crippen molar-refractivity contribution in [3.63, 3.8) is 0 Å². The fourth-order valence-corrected chi connectivity index (χ4v) is 3.84.